The van der Waals surface area contributed by atoms with E-state index in [1.807, 2.05) is 55.4 Å². The summed E-state index contributed by atoms with van der Waals surface area (Å²) in [6, 6.07) is 21.1. The van der Waals surface area contributed by atoms with Crippen molar-refractivity contribution in [1.82, 2.24) is 15.3 Å². The first kappa shape index (κ1) is 23.3. The summed E-state index contributed by atoms with van der Waals surface area (Å²) in [6.45, 7) is 0. The number of amides is 1. The number of hydrogen-bond donors (Lipinski definition) is 2. The average molecular weight is 486 g/mol. The van der Waals surface area contributed by atoms with Gasteiger partial charge in [0.05, 0.1) is 11.9 Å². The summed E-state index contributed by atoms with van der Waals surface area (Å²) >= 11 is 1.69. The number of nitrogens with one attached hydrogen (secondary N) is 2. The Labute approximate surface area is 210 Å². The molecule has 4 aromatic rings. The Morgan fingerprint density at radius 1 is 0.971 bits per heavy atom. The first-order chi connectivity index (χ1) is 17.0. The molecule has 0 saturated heterocycles. The third-order valence-electron chi connectivity index (χ3n) is 6.51. The molecule has 2 heterocycles. The number of carbonyl (C=O) groups excluding carboxylic acids is 1. The summed E-state index contributed by atoms with van der Waals surface area (Å²) in [5.41, 5.74) is 3.22. The summed E-state index contributed by atoms with van der Waals surface area (Å²) in [7, 11) is 4.01. The van der Waals surface area contributed by atoms with E-state index in [0.29, 0.717) is 18.4 Å². The van der Waals surface area contributed by atoms with Crippen molar-refractivity contribution in [2.24, 2.45) is 0 Å². The molecule has 7 heteroatoms. The summed E-state index contributed by atoms with van der Waals surface area (Å²) in [6.07, 6.45) is 4.30. The van der Waals surface area contributed by atoms with Crippen molar-refractivity contribution in [3.8, 4) is 10.4 Å². The molecule has 2 N–H and O–H groups in total. The van der Waals surface area contributed by atoms with Crippen molar-refractivity contribution in [2.75, 3.05) is 24.3 Å². The molecule has 35 heavy (non-hydrogen) atoms. The minimum atomic E-state index is 0.104. The topological polar surface area (TPSA) is 70.2 Å². The first-order valence-electron chi connectivity index (χ1n) is 12.2. The molecule has 1 saturated carbocycles. The van der Waals surface area contributed by atoms with E-state index >= 15 is 0 Å². The highest BCUT2D eigenvalue weighted by Crippen LogP contribution is 2.28. The quantitative estimate of drug-likeness (QED) is 0.361. The Kier molecular flexibility index (Phi) is 6.95. The lowest BCUT2D eigenvalue weighted by Gasteiger charge is -2.30. The number of carbonyl (C=O) groups is 1. The minimum Gasteiger partial charge on any atom is -0.362 e. The fourth-order valence-corrected chi connectivity index (χ4v) is 5.64. The lowest BCUT2D eigenvalue weighted by Crippen LogP contribution is -2.40. The molecular formula is C28H31N5OS. The predicted molar refractivity (Wildman–Crippen MR) is 145 cm³/mol. The molecule has 6 nitrogen and oxygen atoms in total. The Bertz CT molecular complexity index is 1300. The van der Waals surface area contributed by atoms with Gasteiger partial charge in [0.25, 0.3) is 0 Å². The molecule has 0 aliphatic heterocycles. The predicted octanol–water partition coefficient (Wildman–Crippen LogP) is 5.51. The van der Waals surface area contributed by atoms with E-state index in [1.165, 1.54) is 10.4 Å². The van der Waals surface area contributed by atoms with Gasteiger partial charge in [-0.2, -0.15) is 4.98 Å². The highest BCUT2D eigenvalue weighted by Gasteiger charge is 2.23. The van der Waals surface area contributed by atoms with Gasteiger partial charge in [-0.15, -0.1) is 11.3 Å². The van der Waals surface area contributed by atoms with Crippen LogP contribution in [0.2, 0.25) is 0 Å². The van der Waals surface area contributed by atoms with Gasteiger partial charge in [0.15, 0.2) is 0 Å². The second-order valence-corrected chi connectivity index (χ2v) is 10.3. The van der Waals surface area contributed by atoms with E-state index in [4.69, 9.17) is 9.97 Å². The van der Waals surface area contributed by atoms with Crippen LogP contribution in [-0.2, 0) is 11.2 Å². The molecule has 0 bridgehead atoms. The van der Waals surface area contributed by atoms with Crippen LogP contribution >= 0.6 is 11.3 Å². The first-order valence-corrected chi connectivity index (χ1v) is 13.1. The van der Waals surface area contributed by atoms with Crippen LogP contribution in [0.4, 0.5) is 11.8 Å². The van der Waals surface area contributed by atoms with Crippen LogP contribution in [0.3, 0.4) is 0 Å². The van der Waals surface area contributed by atoms with Crippen LogP contribution in [0, 0.1) is 0 Å². The number of thiophene rings is 1. The molecule has 1 fully saturated rings. The molecule has 180 valence electrons. The van der Waals surface area contributed by atoms with Crippen molar-refractivity contribution in [1.29, 1.82) is 0 Å². The number of para-hydroxylation sites is 1. The van der Waals surface area contributed by atoms with E-state index in [1.54, 1.807) is 11.3 Å². The van der Waals surface area contributed by atoms with E-state index in [2.05, 4.69) is 40.3 Å². The molecule has 2 aromatic heterocycles. The van der Waals surface area contributed by atoms with E-state index < -0.39 is 0 Å². The van der Waals surface area contributed by atoms with E-state index in [9.17, 15) is 4.79 Å². The van der Waals surface area contributed by atoms with Gasteiger partial charge >= 0.3 is 0 Å². The van der Waals surface area contributed by atoms with E-state index in [0.717, 1.165) is 48.0 Å². The maximum absolute atomic E-state index is 12.7. The fraction of sp³-hybridized carbons (Fsp3) is 0.321. The smallest absolute Gasteiger partial charge is 0.225 e. The molecule has 5 rings (SSSR count). The molecule has 0 unspecified atom stereocenters. The summed E-state index contributed by atoms with van der Waals surface area (Å²) < 4.78 is 0. The highest BCUT2D eigenvalue weighted by atomic mass is 32.1. The summed E-state index contributed by atoms with van der Waals surface area (Å²) in [4.78, 5) is 25.4. The zero-order chi connectivity index (χ0) is 24.2. The number of fused-ring (bicyclic) bond motifs is 1. The Morgan fingerprint density at radius 2 is 1.69 bits per heavy atom. The standard InChI is InChI=1S/C28H31N5OS/c1-33(2)27-23-10-6-7-11-24(23)31-28(32-27)30-22-14-12-21(13-15-22)29-26(34)17-19-16-25(35-18-19)20-8-4-3-5-9-20/h3-11,16,18,21-22H,12-15,17H2,1-2H3,(H,29,34)(H,30,31,32). The van der Waals surface area contributed by atoms with E-state index in [-0.39, 0.29) is 11.9 Å². The van der Waals surface area contributed by atoms with Crippen molar-refractivity contribution < 1.29 is 4.79 Å². The minimum absolute atomic E-state index is 0.104. The SMILES string of the molecule is CN(C)c1nc(NC2CCC(NC(=O)Cc3csc(-c4ccccc4)c3)CC2)nc2ccccc12. The maximum atomic E-state index is 12.7. The second kappa shape index (κ2) is 10.4. The van der Waals surface area contributed by atoms with Crippen LogP contribution in [0.15, 0.2) is 66.0 Å². The van der Waals surface area contributed by atoms with Crippen LogP contribution in [0.25, 0.3) is 21.3 Å². The van der Waals surface area contributed by atoms with Gasteiger partial charge in [0.2, 0.25) is 11.9 Å². The van der Waals surface area contributed by atoms with Crippen molar-refractivity contribution in [3.05, 3.63) is 71.6 Å². The Morgan fingerprint density at radius 3 is 2.46 bits per heavy atom. The monoisotopic (exact) mass is 485 g/mol. The van der Waals surface area contributed by atoms with Gasteiger partial charge < -0.3 is 15.5 Å². The molecule has 2 aromatic carbocycles. The number of nitrogens with zero attached hydrogens (tertiary/aromatic N) is 3. The third-order valence-corrected chi connectivity index (χ3v) is 7.54. The molecule has 0 atom stereocenters. The van der Waals surface area contributed by atoms with Crippen molar-refractivity contribution >= 4 is 39.9 Å². The number of benzene rings is 2. The summed E-state index contributed by atoms with van der Waals surface area (Å²) in [5.74, 6) is 1.70. The van der Waals surface area contributed by atoms with Crippen molar-refractivity contribution in [2.45, 2.75) is 44.2 Å². The molecule has 1 aliphatic carbocycles. The molecular weight excluding hydrogens is 454 g/mol. The summed E-state index contributed by atoms with van der Waals surface area (Å²) in [5, 5.41) is 9.93. The Hall–Kier alpha value is -3.45. The zero-order valence-corrected chi connectivity index (χ0v) is 21.0. The fourth-order valence-electron chi connectivity index (χ4n) is 4.72. The van der Waals surface area contributed by atoms with Crippen LogP contribution in [0.5, 0.6) is 0 Å². The zero-order valence-electron chi connectivity index (χ0n) is 20.2. The highest BCUT2D eigenvalue weighted by molar-refractivity contribution is 7.13. The van der Waals surface area contributed by atoms with Gasteiger partial charge in [-0.05, 0) is 60.4 Å². The molecule has 0 spiro atoms. The number of aromatic nitrogens is 2. The average Bonchev–Trinajstić information content (AvgIpc) is 3.33. The molecule has 0 radical (unpaired) electrons. The Balaban J connectivity index is 1.13. The molecule has 1 amide bonds. The van der Waals surface area contributed by atoms with Crippen molar-refractivity contribution in [3.63, 3.8) is 0 Å². The maximum Gasteiger partial charge on any atom is 0.225 e. The number of hydrogen-bond acceptors (Lipinski definition) is 6. The van der Waals surface area contributed by atoms with Gasteiger partial charge in [-0.25, -0.2) is 4.98 Å². The normalized spacial score (nSPS) is 17.8. The third kappa shape index (κ3) is 5.62. The van der Waals surface area contributed by atoms with Crippen LogP contribution in [-0.4, -0.2) is 42.1 Å². The lowest BCUT2D eigenvalue weighted by atomic mass is 9.91. The number of anilines is 2. The van der Waals surface area contributed by atoms with Gasteiger partial charge in [-0.1, -0.05) is 42.5 Å². The number of rotatable bonds is 7. The largest absolute Gasteiger partial charge is 0.362 e. The van der Waals surface area contributed by atoms with Crippen LogP contribution < -0.4 is 15.5 Å². The lowest BCUT2D eigenvalue weighted by molar-refractivity contribution is -0.121. The van der Waals surface area contributed by atoms with Gasteiger partial charge in [0, 0.05) is 36.4 Å². The van der Waals surface area contributed by atoms with Gasteiger partial charge in [-0.3, -0.25) is 4.79 Å². The molecule has 1 aliphatic rings. The van der Waals surface area contributed by atoms with Crippen LogP contribution in [0.1, 0.15) is 31.2 Å². The van der Waals surface area contributed by atoms with Gasteiger partial charge in [0.1, 0.15) is 5.82 Å². The second-order valence-electron chi connectivity index (χ2n) is 9.40.